The van der Waals surface area contributed by atoms with E-state index in [2.05, 4.69) is 5.32 Å². The van der Waals surface area contributed by atoms with Gasteiger partial charge in [0.1, 0.15) is 11.8 Å². The third-order valence-corrected chi connectivity index (χ3v) is 3.57. The van der Waals surface area contributed by atoms with Gasteiger partial charge in [-0.05, 0) is 37.1 Å². The molecule has 0 aliphatic rings. The Morgan fingerprint density at radius 2 is 1.86 bits per heavy atom. The van der Waals surface area contributed by atoms with Gasteiger partial charge >= 0.3 is 0 Å². The van der Waals surface area contributed by atoms with E-state index in [4.69, 9.17) is 11.5 Å². The van der Waals surface area contributed by atoms with Crippen LogP contribution in [0, 0.1) is 5.92 Å². The molecule has 0 fully saturated rings. The fourth-order valence-corrected chi connectivity index (χ4v) is 2.13. The van der Waals surface area contributed by atoms with Crippen LogP contribution in [0.2, 0.25) is 0 Å². The number of carbonyl (C=O) groups excluding carboxylic acids is 2. The lowest BCUT2D eigenvalue weighted by Gasteiger charge is -2.18. The van der Waals surface area contributed by atoms with Crippen molar-refractivity contribution in [2.45, 2.75) is 38.6 Å². The van der Waals surface area contributed by atoms with E-state index >= 15 is 0 Å². The van der Waals surface area contributed by atoms with E-state index in [0.717, 1.165) is 24.8 Å². The second-order valence-corrected chi connectivity index (χ2v) is 5.52. The molecule has 6 heteroatoms. The number of primary amides is 1. The summed E-state index contributed by atoms with van der Waals surface area (Å²) in [6.45, 7) is 2.43. The van der Waals surface area contributed by atoms with Crippen LogP contribution in [0.4, 0.5) is 0 Å². The van der Waals surface area contributed by atoms with Crippen molar-refractivity contribution in [3.05, 3.63) is 29.8 Å². The number of unbranched alkanes of at least 4 members (excludes halogenated alkanes) is 1. The Morgan fingerprint density at radius 3 is 2.41 bits per heavy atom. The van der Waals surface area contributed by atoms with Crippen molar-refractivity contribution in [3.8, 4) is 5.75 Å². The van der Waals surface area contributed by atoms with E-state index in [1.807, 2.05) is 6.92 Å². The minimum Gasteiger partial charge on any atom is -0.508 e. The summed E-state index contributed by atoms with van der Waals surface area (Å²) < 4.78 is 0. The molecule has 0 heterocycles. The standard InChI is InChI=1S/C16H25N3O3/c1-11(4-2-3-9-17)16(22)19-14(15(18)21)10-12-5-7-13(20)8-6-12/h5-8,11,14,20H,2-4,9-10,17H2,1H3,(H2,18,21)(H,19,22). The number of nitrogens with two attached hydrogens (primary N) is 2. The molecular weight excluding hydrogens is 282 g/mol. The number of carbonyl (C=O) groups is 2. The van der Waals surface area contributed by atoms with Gasteiger partial charge in [-0.1, -0.05) is 25.5 Å². The molecule has 2 amide bonds. The van der Waals surface area contributed by atoms with Crippen LogP contribution in [0.3, 0.4) is 0 Å². The summed E-state index contributed by atoms with van der Waals surface area (Å²) in [4.78, 5) is 23.6. The predicted octanol–water partition coefficient (Wildman–Crippen LogP) is 0.670. The minimum absolute atomic E-state index is 0.150. The highest BCUT2D eigenvalue weighted by molar-refractivity contribution is 5.87. The molecule has 6 nitrogen and oxygen atoms in total. The molecule has 2 atom stereocenters. The maximum atomic E-state index is 12.1. The first-order chi connectivity index (χ1) is 10.4. The van der Waals surface area contributed by atoms with Crippen LogP contribution in [0.5, 0.6) is 5.75 Å². The quantitative estimate of drug-likeness (QED) is 0.501. The molecule has 1 aromatic rings. The first-order valence-corrected chi connectivity index (χ1v) is 7.51. The van der Waals surface area contributed by atoms with Crippen molar-refractivity contribution in [2.75, 3.05) is 6.54 Å². The third kappa shape index (κ3) is 6.13. The molecule has 1 aromatic carbocycles. The van der Waals surface area contributed by atoms with E-state index in [1.165, 1.54) is 12.1 Å². The third-order valence-electron chi connectivity index (χ3n) is 3.57. The summed E-state index contributed by atoms with van der Waals surface area (Å²) in [7, 11) is 0. The molecule has 0 saturated carbocycles. The summed E-state index contributed by atoms with van der Waals surface area (Å²) in [5.41, 5.74) is 11.6. The van der Waals surface area contributed by atoms with Crippen molar-refractivity contribution in [1.82, 2.24) is 5.32 Å². The summed E-state index contributed by atoms with van der Waals surface area (Å²) >= 11 is 0. The summed E-state index contributed by atoms with van der Waals surface area (Å²) in [5, 5.41) is 11.9. The van der Waals surface area contributed by atoms with Gasteiger partial charge < -0.3 is 21.9 Å². The van der Waals surface area contributed by atoms with Gasteiger partial charge in [-0.2, -0.15) is 0 Å². The first-order valence-electron chi connectivity index (χ1n) is 7.51. The molecule has 6 N–H and O–H groups in total. The van der Waals surface area contributed by atoms with E-state index in [-0.39, 0.29) is 17.6 Å². The molecule has 22 heavy (non-hydrogen) atoms. The number of benzene rings is 1. The maximum absolute atomic E-state index is 12.1. The Morgan fingerprint density at radius 1 is 1.23 bits per heavy atom. The van der Waals surface area contributed by atoms with Gasteiger partial charge in [0.15, 0.2) is 0 Å². The second-order valence-electron chi connectivity index (χ2n) is 5.52. The molecular formula is C16H25N3O3. The largest absolute Gasteiger partial charge is 0.508 e. The molecule has 0 aromatic heterocycles. The number of phenolic OH excluding ortho intramolecular Hbond substituents is 1. The zero-order valence-corrected chi connectivity index (χ0v) is 12.9. The summed E-state index contributed by atoms with van der Waals surface area (Å²) in [6.07, 6.45) is 2.79. The maximum Gasteiger partial charge on any atom is 0.240 e. The SMILES string of the molecule is CC(CCCCN)C(=O)NC(Cc1ccc(O)cc1)C(N)=O. The number of hydrogen-bond acceptors (Lipinski definition) is 4. The van der Waals surface area contributed by atoms with E-state index in [1.54, 1.807) is 12.1 Å². The Labute approximate surface area is 130 Å². The topological polar surface area (TPSA) is 118 Å². The van der Waals surface area contributed by atoms with Crippen LogP contribution in [0.15, 0.2) is 24.3 Å². The smallest absolute Gasteiger partial charge is 0.240 e. The number of phenols is 1. The monoisotopic (exact) mass is 307 g/mol. The molecule has 0 bridgehead atoms. The van der Waals surface area contributed by atoms with Crippen LogP contribution < -0.4 is 16.8 Å². The average molecular weight is 307 g/mol. The summed E-state index contributed by atoms with van der Waals surface area (Å²) in [5.74, 6) is -0.791. The molecule has 2 unspecified atom stereocenters. The minimum atomic E-state index is -0.756. The van der Waals surface area contributed by atoms with Gasteiger partial charge in [-0.3, -0.25) is 9.59 Å². The van der Waals surface area contributed by atoms with Crippen molar-refractivity contribution < 1.29 is 14.7 Å². The normalized spacial score (nSPS) is 13.4. The van der Waals surface area contributed by atoms with Crippen LogP contribution >= 0.6 is 0 Å². The van der Waals surface area contributed by atoms with Crippen molar-refractivity contribution in [2.24, 2.45) is 17.4 Å². The average Bonchev–Trinajstić information content (AvgIpc) is 2.48. The lowest BCUT2D eigenvalue weighted by Crippen LogP contribution is -2.47. The molecule has 0 radical (unpaired) electrons. The van der Waals surface area contributed by atoms with Crippen LogP contribution in [-0.4, -0.2) is 29.5 Å². The first kappa shape index (κ1) is 18.0. The van der Waals surface area contributed by atoms with Crippen molar-refractivity contribution >= 4 is 11.8 Å². The second kappa shape index (κ2) is 9.04. The van der Waals surface area contributed by atoms with Gasteiger partial charge in [0, 0.05) is 12.3 Å². The molecule has 1 rings (SSSR count). The zero-order valence-electron chi connectivity index (χ0n) is 12.9. The number of aromatic hydroxyl groups is 1. The van der Waals surface area contributed by atoms with Gasteiger partial charge in [0.05, 0.1) is 0 Å². The highest BCUT2D eigenvalue weighted by Crippen LogP contribution is 2.12. The number of amides is 2. The molecule has 0 saturated heterocycles. The molecule has 0 spiro atoms. The lowest BCUT2D eigenvalue weighted by atomic mass is 10.0. The zero-order chi connectivity index (χ0) is 16.5. The van der Waals surface area contributed by atoms with Gasteiger partial charge in [-0.25, -0.2) is 0 Å². The predicted molar refractivity (Wildman–Crippen MR) is 85.0 cm³/mol. The van der Waals surface area contributed by atoms with Gasteiger partial charge in [0.2, 0.25) is 11.8 Å². The van der Waals surface area contributed by atoms with Gasteiger partial charge in [0.25, 0.3) is 0 Å². The van der Waals surface area contributed by atoms with E-state index in [0.29, 0.717) is 13.0 Å². The van der Waals surface area contributed by atoms with Gasteiger partial charge in [-0.15, -0.1) is 0 Å². The van der Waals surface area contributed by atoms with Crippen LogP contribution in [-0.2, 0) is 16.0 Å². The Bertz CT molecular complexity index is 488. The van der Waals surface area contributed by atoms with Crippen molar-refractivity contribution in [3.63, 3.8) is 0 Å². The highest BCUT2D eigenvalue weighted by atomic mass is 16.3. The van der Waals surface area contributed by atoms with Crippen molar-refractivity contribution in [1.29, 1.82) is 0 Å². The molecule has 0 aliphatic heterocycles. The number of rotatable bonds is 9. The fourth-order valence-electron chi connectivity index (χ4n) is 2.13. The Hall–Kier alpha value is -2.08. The lowest BCUT2D eigenvalue weighted by molar-refractivity contribution is -0.129. The Balaban J connectivity index is 2.58. The summed E-state index contributed by atoms with van der Waals surface area (Å²) in [6, 6.07) is 5.70. The number of hydrogen-bond donors (Lipinski definition) is 4. The van der Waals surface area contributed by atoms with E-state index < -0.39 is 11.9 Å². The van der Waals surface area contributed by atoms with Crippen LogP contribution in [0.1, 0.15) is 31.7 Å². The Kier molecular flexibility index (Phi) is 7.39. The van der Waals surface area contributed by atoms with E-state index in [9.17, 15) is 14.7 Å². The molecule has 122 valence electrons. The molecule has 0 aliphatic carbocycles. The fraction of sp³-hybridized carbons (Fsp3) is 0.500. The van der Waals surface area contributed by atoms with Crippen LogP contribution in [0.25, 0.3) is 0 Å². The highest BCUT2D eigenvalue weighted by Gasteiger charge is 2.21. The number of nitrogens with one attached hydrogen (secondary N) is 1.